The van der Waals surface area contributed by atoms with Crippen LogP contribution in [0.4, 0.5) is 4.39 Å². The minimum absolute atomic E-state index is 0. The maximum atomic E-state index is 13.8. The van der Waals surface area contributed by atoms with Gasteiger partial charge in [0.15, 0.2) is 17.9 Å². The molecule has 0 radical (unpaired) electrons. The van der Waals surface area contributed by atoms with E-state index in [0.717, 1.165) is 5.56 Å². The molecule has 0 saturated carbocycles. The Morgan fingerprint density at radius 3 is 2.40 bits per heavy atom. The first-order chi connectivity index (χ1) is 21.8. The van der Waals surface area contributed by atoms with Gasteiger partial charge in [0.2, 0.25) is 5.78 Å². The average Bonchev–Trinajstić information content (AvgIpc) is 3.02. The van der Waals surface area contributed by atoms with Crippen molar-refractivity contribution >= 4 is 29.8 Å². The van der Waals surface area contributed by atoms with Crippen LogP contribution in [0.1, 0.15) is 81.3 Å². The van der Waals surface area contributed by atoms with Crippen LogP contribution in [0.3, 0.4) is 0 Å². The van der Waals surface area contributed by atoms with Crippen LogP contribution in [0.15, 0.2) is 42.5 Å². The van der Waals surface area contributed by atoms with E-state index in [4.69, 9.17) is 14.2 Å². The molecule has 11 nitrogen and oxygen atoms in total. The van der Waals surface area contributed by atoms with Gasteiger partial charge in [-0.3, -0.25) is 14.4 Å². The van der Waals surface area contributed by atoms with Crippen molar-refractivity contribution in [1.29, 1.82) is 0 Å². The molecule has 0 unspecified atom stereocenters. The van der Waals surface area contributed by atoms with E-state index >= 15 is 0 Å². The predicted octanol–water partition coefficient (Wildman–Crippen LogP) is 3.42. The topological polar surface area (TPSA) is 172 Å². The Morgan fingerprint density at radius 1 is 1.06 bits per heavy atom. The molecule has 1 saturated heterocycles. The van der Waals surface area contributed by atoms with Crippen molar-refractivity contribution in [2.24, 2.45) is 0 Å². The van der Waals surface area contributed by atoms with Crippen molar-refractivity contribution in [3.8, 4) is 17.2 Å². The number of ether oxygens (including phenoxy) is 3. The van der Waals surface area contributed by atoms with Crippen molar-refractivity contribution < 1.29 is 53.4 Å². The van der Waals surface area contributed by atoms with Gasteiger partial charge in [-0.15, -0.1) is 12.4 Å². The van der Waals surface area contributed by atoms with Gasteiger partial charge >= 0.3 is 0 Å². The van der Waals surface area contributed by atoms with Crippen molar-refractivity contribution in [2.45, 2.75) is 75.9 Å². The number of carbonyl (C=O) groups is 3. The highest BCUT2D eigenvalue weighted by molar-refractivity contribution is 6.31. The molecule has 6 rings (SSSR count). The second-order valence-corrected chi connectivity index (χ2v) is 12.1. The number of benzene rings is 3. The number of ketones is 3. The third-order valence-corrected chi connectivity index (χ3v) is 9.23. The molecule has 0 bridgehead atoms. The summed E-state index contributed by atoms with van der Waals surface area (Å²) in [5.41, 5.74) is -2.40. The lowest BCUT2D eigenvalue weighted by Gasteiger charge is -2.43. The fourth-order valence-electron chi connectivity index (χ4n) is 6.68. The molecule has 47 heavy (non-hydrogen) atoms. The highest BCUT2D eigenvalue weighted by Crippen LogP contribution is 2.52. The molecule has 0 aromatic heterocycles. The zero-order chi connectivity index (χ0) is 33.1. The molecule has 5 N–H and O–H groups in total. The van der Waals surface area contributed by atoms with E-state index < -0.39 is 82.6 Å². The summed E-state index contributed by atoms with van der Waals surface area (Å²) in [7, 11) is 1.34. The highest BCUT2D eigenvalue weighted by atomic mass is 35.5. The van der Waals surface area contributed by atoms with Crippen molar-refractivity contribution in [3.05, 3.63) is 87.2 Å². The Bertz CT molecular complexity index is 1750. The van der Waals surface area contributed by atoms with Crippen LogP contribution in [0, 0.1) is 5.82 Å². The predicted molar refractivity (Wildman–Crippen MR) is 167 cm³/mol. The van der Waals surface area contributed by atoms with Gasteiger partial charge in [0, 0.05) is 48.5 Å². The third kappa shape index (κ3) is 5.90. The van der Waals surface area contributed by atoms with Gasteiger partial charge in [-0.2, -0.15) is 0 Å². The molecular weight excluding hydrogens is 637 g/mol. The molecule has 1 aliphatic heterocycles. The summed E-state index contributed by atoms with van der Waals surface area (Å²) in [6.07, 6.45) is -4.69. The summed E-state index contributed by atoms with van der Waals surface area (Å²) in [6, 6.07) is 9.76. The first kappa shape index (κ1) is 34.4. The van der Waals surface area contributed by atoms with Crippen molar-refractivity contribution in [1.82, 2.24) is 5.32 Å². The van der Waals surface area contributed by atoms with E-state index in [-0.39, 0.29) is 59.1 Å². The summed E-state index contributed by atoms with van der Waals surface area (Å²) >= 11 is 0. The van der Waals surface area contributed by atoms with Crippen LogP contribution >= 0.6 is 12.4 Å². The molecule has 3 aliphatic rings. The molecule has 13 heteroatoms. The van der Waals surface area contributed by atoms with Crippen LogP contribution in [0.25, 0.3) is 0 Å². The van der Waals surface area contributed by atoms with E-state index in [9.17, 15) is 39.2 Å². The van der Waals surface area contributed by atoms with E-state index in [1.807, 2.05) is 0 Å². The second-order valence-electron chi connectivity index (χ2n) is 12.1. The molecular formula is C34H35ClFNO10. The quantitative estimate of drug-likeness (QED) is 0.182. The van der Waals surface area contributed by atoms with Gasteiger partial charge in [-0.1, -0.05) is 24.3 Å². The first-order valence-electron chi connectivity index (χ1n) is 14.9. The normalized spacial score (nSPS) is 26.5. The number of nitrogens with one attached hydrogen (secondary N) is 1. The van der Waals surface area contributed by atoms with Crippen LogP contribution in [0.2, 0.25) is 0 Å². The van der Waals surface area contributed by atoms with Crippen LogP contribution in [-0.2, 0) is 27.2 Å². The largest absolute Gasteiger partial charge is 0.507 e. The third-order valence-electron chi connectivity index (χ3n) is 9.23. The molecule has 6 atom stereocenters. The highest BCUT2D eigenvalue weighted by Gasteiger charge is 2.49. The zero-order valence-electron chi connectivity index (χ0n) is 25.8. The van der Waals surface area contributed by atoms with E-state index in [0.29, 0.717) is 6.54 Å². The number of phenols is 2. The average molecular weight is 672 g/mol. The van der Waals surface area contributed by atoms with Gasteiger partial charge < -0.3 is 40.0 Å². The van der Waals surface area contributed by atoms with E-state index in [2.05, 4.69) is 5.32 Å². The lowest BCUT2D eigenvalue weighted by atomic mass is 9.72. The minimum Gasteiger partial charge on any atom is -0.507 e. The fourth-order valence-corrected chi connectivity index (χ4v) is 6.68. The number of aliphatic hydroxyl groups excluding tert-OH is 1. The Kier molecular flexibility index (Phi) is 9.48. The molecule has 3 aromatic carbocycles. The van der Waals surface area contributed by atoms with Gasteiger partial charge in [0.05, 0.1) is 42.1 Å². The Morgan fingerprint density at radius 2 is 1.74 bits per heavy atom. The van der Waals surface area contributed by atoms with Crippen LogP contribution in [-0.4, -0.2) is 75.0 Å². The number of Topliss-reactive ketones (excluding diaryl/α,β-unsaturated/α-hetero) is 1. The Hall–Kier alpha value is -3.91. The Labute approximate surface area is 275 Å². The molecule has 2 aliphatic carbocycles. The van der Waals surface area contributed by atoms with Gasteiger partial charge in [0.1, 0.15) is 28.7 Å². The lowest BCUT2D eigenvalue weighted by Crippen LogP contribution is -2.54. The number of halogens is 2. The van der Waals surface area contributed by atoms with E-state index in [1.54, 1.807) is 19.1 Å². The Balaban J connectivity index is 0.00000433. The minimum atomic E-state index is -2.04. The summed E-state index contributed by atoms with van der Waals surface area (Å²) in [5.74, 6) is -3.65. The molecule has 3 aromatic rings. The number of rotatable bonds is 7. The standard InChI is InChI=1S/C34H34FNO10.ClH/c1-15-29(38)21(36-14-17-7-9-18(35)10-8-17)11-24(45-15)46-23-13-34(43,16(2)37)12-20-26(23)33(42)28-27(31(20)40)30(39)19-5-4-6-22(44-3)25(19)32(28)41;/h4-10,15,21,23-24,29,36,38,40,42-43H,11-14H2,1-3H3;1H/t15-,21-,23-,24-,29+,34-;/m0./s1. The molecule has 0 spiro atoms. The first-order valence-corrected chi connectivity index (χ1v) is 14.9. The summed E-state index contributed by atoms with van der Waals surface area (Å²) < 4.78 is 30.9. The maximum Gasteiger partial charge on any atom is 0.202 e. The fraction of sp³-hybridized carbons (Fsp3) is 0.382. The molecule has 1 fully saturated rings. The van der Waals surface area contributed by atoms with E-state index in [1.165, 1.54) is 44.4 Å². The number of hydrogen-bond donors (Lipinski definition) is 5. The lowest BCUT2D eigenvalue weighted by molar-refractivity contribution is -0.249. The van der Waals surface area contributed by atoms with Gasteiger partial charge in [-0.05, 0) is 37.6 Å². The summed E-state index contributed by atoms with van der Waals surface area (Å²) in [4.78, 5) is 40.2. The zero-order valence-corrected chi connectivity index (χ0v) is 26.6. The summed E-state index contributed by atoms with van der Waals surface area (Å²) in [5, 5.41) is 48.7. The number of fused-ring (bicyclic) bond motifs is 3. The number of methoxy groups -OCH3 is 1. The number of aliphatic hydroxyl groups is 2. The monoisotopic (exact) mass is 671 g/mol. The van der Waals surface area contributed by atoms with Gasteiger partial charge in [-0.25, -0.2) is 4.39 Å². The smallest absolute Gasteiger partial charge is 0.202 e. The number of aromatic hydroxyl groups is 2. The number of carbonyl (C=O) groups excluding carboxylic acids is 3. The van der Waals surface area contributed by atoms with Crippen molar-refractivity contribution in [2.75, 3.05) is 7.11 Å². The summed E-state index contributed by atoms with van der Waals surface area (Å²) in [6.45, 7) is 3.13. The molecule has 250 valence electrons. The van der Waals surface area contributed by atoms with Gasteiger partial charge in [0.25, 0.3) is 0 Å². The van der Waals surface area contributed by atoms with Crippen LogP contribution in [0.5, 0.6) is 17.2 Å². The molecule has 1 heterocycles. The van der Waals surface area contributed by atoms with Crippen molar-refractivity contribution in [3.63, 3.8) is 0 Å². The molecule has 0 amide bonds. The number of hydrogen-bond acceptors (Lipinski definition) is 11. The van der Waals surface area contributed by atoms with Crippen LogP contribution < -0.4 is 10.1 Å². The number of phenolic OH excluding ortho intramolecular Hbond substituents is 2. The maximum absolute atomic E-state index is 13.8. The SMILES string of the molecule is COc1cccc2c1C(=O)c1c(O)c3c(c(O)c1C2=O)C[C@@](O)(C(C)=O)C[C@@H]3O[C@H]1C[C@H](NCc2ccc(F)cc2)[C@H](O)[C@H](C)O1.Cl. The second kappa shape index (κ2) is 12.9.